The van der Waals surface area contributed by atoms with Crippen LogP contribution < -0.4 is 10.4 Å². The molecule has 0 aliphatic heterocycles. The number of hydrogen-bond donors (Lipinski definition) is 0. The molecule has 3 aromatic heterocycles. The number of benzene rings is 2. The topological polar surface area (TPSA) is 147 Å². The van der Waals surface area contributed by atoms with Crippen molar-refractivity contribution >= 4 is 33.0 Å². The highest BCUT2D eigenvalue weighted by Gasteiger charge is 2.20. The quantitative estimate of drug-likeness (QED) is 0.365. The molecule has 0 saturated carbocycles. The lowest BCUT2D eigenvalue weighted by Crippen LogP contribution is -2.21. The van der Waals surface area contributed by atoms with Crippen LogP contribution in [0.1, 0.15) is 0 Å². The van der Waals surface area contributed by atoms with Crippen molar-refractivity contribution in [2.45, 2.75) is 0 Å². The van der Waals surface area contributed by atoms with E-state index in [1.807, 2.05) is 36.4 Å². The molecule has 0 fully saturated rings. The van der Waals surface area contributed by atoms with Crippen LogP contribution in [0.5, 0.6) is 0 Å². The van der Waals surface area contributed by atoms with Gasteiger partial charge in [-0.2, -0.15) is 21.0 Å². The highest BCUT2D eigenvalue weighted by atomic mass is 14.9. The van der Waals surface area contributed by atoms with Crippen LogP contribution in [0.15, 0.2) is 73.1 Å². The van der Waals surface area contributed by atoms with Gasteiger partial charge >= 0.3 is 0 Å². The minimum Gasteiger partial charge on any atom is -0.255 e. The zero-order chi connectivity index (χ0) is 25.1. The number of rotatable bonds is 2. The molecule has 0 saturated heterocycles. The summed E-state index contributed by atoms with van der Waals surface area (Å²) in [6.45, 7) is 0. The molecule has 0 amide bonds. The third-order valence-electron chi connectivity index (χ3n) is 5.60. The van der Waals surface area contributed by atoms with Gasteiger partial charge in [-0.3, -0.25) is 9.97 Å². The second-order valence-electron chi connectivity index (χ2n) is 7.54. The van der Waals surface area contributed by atoms with Gasteiger partial charge in [-0.15, -0.1) is 0 Å². The molecule has 0 unspecified atom stereocenters. The monoisotopic (exact) mass is 460 g/mol. The highest BCUT2D eigenvalue weighted by Crippen LogP contribution is 2.28. The van der Waals surface area contributed by atoms with Gasteiger partial charge in [-0.25, -0.2) is 9.97 Å². The fraction of sp³-hybridized carbons (Fsp3) is 0. The third-order valence-corrected chi connectivity index (χ3v) is 5.60. The van der Waals surface area contributed by atoms with Crippen molar-refractivity contribution in [2.75, 3.05) is 0 Å². The van der Waals surface area contributed by atoms with Crippen LogP contribution in [0.4, 0.5) is 0 Å². The Kier molecular flexibility index (Phi) is 5.54. The largest absolute Gasteiger partial charge is 0.255 e. The molecule has 0 aliphatic carbocycles. The van der Waals surface area contributed by atoms with Crippen LogP contribution >= 0.6 is 0 Å². The molecule has 0 spiro atoms. The van der Waals surface area contributed by atoms with Gasteiger partial charge in [0.1, 0.15) is 57.8 Å². The Hall–Kier alpha value is -5.96. The van der Waals surface area contributed by atoms with Gasteiger partial charge in [0.05, 0.1) is 11.4 Å². The maximum absolute atomic E-state index is 9.80. The van der Waals surface area contributed by atoms with Crippen molar-refractivity contribution in [1.29, 1.82) is 21.0 Å². The summed E-state index contributed by atoms with van der Waals surface area (Å²) in [5.41, 5.74) is 1.89. The predicted octanol–water partition coefficient (Wildman–Crippen LogP) is 3.30. The number of aromatic nitrogens is 4. The Bertz CT molecular complexity index is 1790. The van der Waals surface area contributed by atoms with Crippen LogP contribution in [0.3, 0.4) is 0 Å². The van der Waals surface area contributed by atoms with Gasteiger partial charge in [0, 0.05) is 22.8 Å². The van der Waals surface area contributed by atoms with Gasteiger partial charge in [0.25, 0.3) is 0 Å². The molecule has 3 heterocycles. The number of pyridine rings is 2. The number of nitriles is 4. The molecule has 8 heteroatoms. The van der Waals surface area contributed by atoms with Crippen molar-refractivity contribution in [3.63, 3.8) is 0 Å². The Morgan fingerprint density at radius 3 is 1.25 bits per heavy atom. The van der Waals surface area contributed by atoms with Gasteiger partial charge < -0.3 is 0 Å². The van der Waals surface area contributed by atoms with Crippen molar-refractivity contribution in [1.82, 2.24) is 19.9 Å². The molecule has 0 atom stereocenters. The summed E-state index contributed by atoms with van der Waals surface area (Å²) in [5.74, 6) is 0. The summed E-state index contributed by atoms with van der Waals surface area (Å²) in [6.07, 6.45) is 3.24. The fourth-order valence-corrected chi connectivity index (χ4v) is 4.10. The molecular formula is C28H12N8. The standard InChI is InChI=1S/C28H12N8/c29-13-17(14-30)23-19-7-1-2-8-20(19)24(18(15-31)16-32)28-27(23)35-25(21-9-3-5-11-33-21)26(36-28)22-10-4-6-12-34-22/h1-12H. The highest BCUT2D eigenvalue weighted by molar-refractivity contribution is 6.04. The van der Waals surface area contributed by atoms with Crippen molar-refractivity contribution in [2.24, 2.45) is 0 Å². The smallest absolute Gasteiger partial charge is 0.139 e. The maximum Gasteiger partial charge on any atom is 0.139 e. The summed E-state index contributed by atoms with van der Waals surface area (Å²) in [4.78, 5) is 18.6. The maximum atomic E-state index is 9.80. The molecule has 0 N–H and O–H groups in total. The minimum absolute atomic E-state index is 0.162. The average Bonchev–Trinajstić information content (AvgIpc) is 2.95. The minimum atomic E-state index is -0.162. The van der Waals surface area contributed by atoms with E-state index < -0.39 is 0 Å². The summed E-state index contributed by atoms with van der Waals surface area (Å²) >= 11 is 0. The van der Waals surface area contributed by atoms with Crippen molar-refractivity contribution < 1.29 is 0 Å². The third kappa shape index (κ3) is 3.45. The van der Waals surface area contributed by atoms with Gasteiger partial charge in [-0.05, 0) is 35.0 Å². The van der Waals surface area contributed by atoms with E-state index in [2.05, 4.69) is 9.97 Å². The second-order valence-corrected chi connectivity index (χ2v) is 7.54. The molecular weight excluding hydrogens is 448 g/mol. The van der Waals surface area contributed by atoms with E-state index in [4.69, 9.17) is 9.97 Å². The summed E-state index contributed by atoms with van der Waals surface area (Å²) in [6, 6.07) is 25.5. The zero-order valence-corrected chi connectivity index (χ0v) is 18.5. The molecule has 0 bridgehead atoms. The Labute approximate surface area is 204 Å². The number of nitrogens with zero attached hydrogens (tertiary/aromatic N) is 8. The SMILES string of the molecule is N#CC(C#N)=c1c2ccccc2c(=C(C#N)C#N)c2nc(-c3ccccn3)c(-c3ccccn3)nc12. The second kappa shape index (κ2) is 9.12. The number of hydrogen-bond acceptors (Lipinski definition) is 8. The van der Waals surface area contributed by atoms with E-state index in [1.54, 1.807) is 60.9 Å². The van der Waals surface area contributed by atoms with E-state index in [0.29, 0.717) is 33.5 Å². The Morgan fingerprint density at radius 1 is 0.528 bits per heavy atom. The molecule has 0 aliphatic rings. The normalized spacial score (nSPS) is 10.1. The summed E-state index contributed by atoms with van der Waals surface area (Å²) < 4.78 is 0. The van der Waals surface area contributed by atoms with Crippen LogP contribution in [0.25, 0.3) is 55.7 Å². The molecule has 2 aromatic carbocycles. The first-order valence-electron chi connectivity index (χ1n) is 10.7. The summed E-state index contributed by atoms with van der Waals surface area (Å²) in [7, 11) is 0. The van der Waals surface area contributed by atoms with E-state index in [9.17, 15) is 21.0 Å². The zero-order valence-electron chi connectivity index (χ0n) is 18.5. The molecule has 36 heavy (non-hydrogen) atoms. The first-order valence-corrected chi connectivity index (χ1v) is 10.7. The number of fused-ring (bicyclic) bond motifs is 2. The first kappa shape index (κ1) is 21.9. The molecule has 164 valence electrons. The summed E-state index contributed by atoms with van der Waals surface area (Å²) in [5, 5.41) is 40.8. The van der Waals surface area contributed by atoms with Crippen LogP contribution in [-0.2, 0) is 0 Å². The van der Waals surface area contributed by atoms with E-state index in [1.165, 1.54) is 0 Å². The van der Waals surface area contributed by atoms with Crippen molar-refractivity contribution in [3.8, 4) is 47.1 Å². The molecule has 5 rings (SSSR count). The molecule has 5 aromatic rings. The van der Waals surface area contributed by atoms with Crippen LogP contribution in [0.2, 0.25) is 0 Å². The van der Waals surface area contributed by atoms with Gasteiger partial charge in [0.2, 0.25) is 0 Å². The van der Waals surface area contributed by atoms with Gasteiger partial charge in [0.15, 0.2) is 0 Å². The Balaban J connectivity index is 2.19. The molecule has 8 nitrogen and oxygen atoms in total. The fourth-order valence-electron chi connectivity index (χ4n) is 4.10. The van der Waals surface area contributed by atoms with E-state index in [-0.39, 0.29) is 32.6 Å². The first-order chi connectivity index (χ1) is 17.7. The van der Waals surface area contributed by atoms with Crippen LogP contribution in [-0.4, -0.2) is 19.9 Å². The van der Waals surface area contributed by atoms with E-state index >= 15 is 0 Å². The van der Waals surface area contributed by atoms with Gasteiger partial charge in [-0.1, -0.05) is 36.4 Å². The lowest BCUT2D eigenvalue weighted by Gasteiger charge is -2.12. The molecule has 0 radical (unpaired) electrons. The lowest BCUT2D eigenvalue weighted by molar-refractivity contribution is 1.20. The van der Waals surface area contributed by atoms with Crippen LogP contribution in [0, 0.1) is 45.3 Å². The van der Waals surface area contributed by atoms with E-state index in [0.717, 1.165) is 0 Å². The Morgan fingerprint density at radius 2 is 0.917 bits per heavy atom. The predicted molar refractivity (Wildman–Crippen MR) is 132 cm³/mol. The lowest BCUT2D eigenvalue weighted by atomic mass is 9.98. The van der Waals surface area contributed by atoms with Crippen molar-refractivity contribution in [3.05, 3.63) is 83.5 Å². The average molecular weight is 460 g/mol.